The third-order valence-corrected chi connectivity index (χ3v) is 5.01. The van der Waals surface area contributed by atoms with Crippen LogP contribution in [-0.2, 0) is 4.74 Å². The summed E-state index contributed by atoms with van der Waals surface area (Å²) in [5, 5.41) is 2.91. The topological polar surface area (TPSA) is 47.6 Å². The van der Waals surface area contributed by atoms with Crippen molar-refractivity contribution in [2.75, 3.05) is 20.8 Å². The lowest BCUT2D eigenvalue weighted by Gasteiger charge is -2.15. The van der Waals surface area contributed by atoms with E-state index in [-0.39, 0.29) is 12.0 Å². The van der Waals surface area contributed by atoms with Gasteiger partial charge in [-0.25, -0.2) is 0 Å². The van der Waals surface area contributed by atoms with Crippen molar-refractivity contribution in [1.82, 2.24) is 5.32 Å². The van der Waals surface area contributed by atoms with E-state index in [0.29, 0.717) is 17.9 Å². The van der Waals surface area contributed by atoms with Gasteiger partial charge >= 0.3 is 0 Å². The first-order valence-electron chi connectivity index (χ1n) is 6.76. The first-order chi connectivity index (χ1) is 10.5. The molecule has 0 unspecified atom stereocenters. The Balaban J connectivity index is 2.05. The van der Waals surface area contributed by atoms with E-state index in [0.717, 1.165) is 9.35 Å². The second-order valence-corrected chi connectivity index (χ2v) is 6.90. The predicted molar refractivity (Wildman–Crippen MR) is 91.8 cm³/mol. The molecule has 0 bridgehead atoms. The van der Waals surface area contributed by atoms with Gasteiger partial charge in [-0.05, 0) is 53.2 Å². The number of amides is 1. The normalized spacial score (nSPS) is 12.0. The molecule has 0 radical (unpaired) electrons. The van der Waals surface area contributed by atoms with Crippen LogP contribution < -0.4 is 10.1 Å². The fraction of sp³-hybridized carbons (Fsp3) is 0.312. The lowest BCUT2D eigenvalue weighted by Crippen LogP contribution is -2.29. The van der Waals surface area contributed by atoms with E-state index in [4.69, 9.17) is 9.47 Å². The van der Waals surface area contributed by atoms with Gasteiger partial charge in [0.2, 0.25) is 0 Å². The smallest absolute Gasteiger partial charge is 0.252 e. The zero-order chi connectivity index (χ0) is 16.1. The highest BCUT2D eigenvalue weighted by Gasteiger charge is 2.16. The number of aryl methyl sites for hydroxylation is 1. The zero-order valence-corrected chi connectivity index (χ0v) is 15.1. The molecule has 1 atom stereocenters. The molecule has 1 aromatic carbocycles. The maximum absolute atomic E-state index is 12.3. The molecular weight excluding hydrogens is 366 g/mol. The van der Waals surface area contributed by atoms with Crippen molar-refractivity contribution < 1.29 is 14.3 Å². The van der Waals surface area contributed by atoms with Crippen molar-refractivity contribution in [2.24, 2.45) is 0 Å². The van der Waals surface area contributed by atoms with E-state index >= 15 is 0 Å². The van der Waals surface area contributed by atoms with Gasteiger partial charge in [-0.1, -0.05) is 0 Å². The molecule has 118 valence electrons. The molecule has 1 amide bonds. The molecule has 2 aromatic rings. The summed E-state index contributed by atoms with van der Waals surface area (Å²) < 4.78 is 11.4. The van der Waals surface area contributed by atoms with Gasteiger partial charge in [-0.3, -0.25) is 4.79 Å². The van der Waals surface area contributed by atoms with Crippen LogP contribution in [0.15, 0.2) is 34.8 Å². The van der Waals surface area contributed by atoms with Crippen LogP contribution >= 0.6 is 27.3 Å². The summed E-state index contributed by atoms with van der Waals surface area (Å²) in [6.45, 7) is 2.46. The van der Waals surface area contributed by atoms with Gasteiger partial charge in [-0.15, -0.1) is 11.3 Å². The Hall–Kier alpha value is -1.37. The predicted octanol–water partition coefficient (Wildman–Crippen LogP) is 3.95. The summed E-state index contributed by atoms with van der Waals surface area (Å²) in [6, 6.07) is 9.38. The molecule has 1 aromatic heterocycles. The van der Waals surface area contributed by atoms with E-state index in [1.54, 1.807) is 43.8 Å². The van der Waals surface area contributed by atoms with Crippen LogP contribution in [0.2, 0.25) is 0 Å². The third-order valence-electron chi connectivity index (χ3n) is 3.23. The number of hydrogen-bond acceptors (Lipinski definition) is 4. The highest BCUT2D eigenvalue weighted by Crippen LogP contribution is 2.25. The van der Waals surface area contributed by atoms with Gasteiger partial charge in [0.25, 0.3) is 5.91 Å². The molecular formula is C16H18BrNO3S. The van der Waals surface area contributed by atoms with Crippen LogP contribution in [0.4, 0.5) is 0 Å². The number of thiophene rings is 1. The molecule has 0 spiro atoms. The zero-order valence-electron chi connectivity index (χ0n) is 12.7. The minimum Gasteiger partial charge on any atom is -0.497 e. The fourth-order valence-corrected chi connectivity index (χ4v) is 3.39. The Morgan fingerprint density at radius 2 is 2.09 bits per heavy atom. The highest BCUT2D eigenvalue weighted by atomic mass is 79.9. The molecule has 6 heteroatoms. The molecule has 0 aliphatic heterocycles. The van der Waals surface area contributed by atoms with Crippen LogP contribution in [0.5, 0.6) is 5.75 Å². The molecule has 2 rings (SSSR count). The van der Waals surface area contributed by atoms with Gasteiger partial charge in [-0.2, -0.15) is 0 Å². The van der Waals surface area contributed by atoms with Gasteiger partial charge in [0, 0.05) is 27.9 Å². The number of benzene rings is 1. The number of methoxy groups -OCH3 is 2. The molecule has 22 heavy (non-hydrogen) atoms. The number of ether oxygens (including phenoxy) is 2. The van der Waals surface area contributed by atoms with E-state index in [9.17, 15) is 4.79 Å². The Morgan fingerprint density at radius 1 is 1.32 bits per heavy atom. The molecule has 1 heterocycles. The lowest BCUT2D eigenvalue weighted by molar-refractivity contribution is 0.0837. The average Bonchev–Trinajstić information content (AvgIpc) is 2.94. The van der Waals surface area contributed by atoms with Crippen LogP contribution in [-0.4, -0.2) is 26.7 Å². The Morgan fingerprint density at radius 3 is 2.68 bits per heavy atom. The number of hydrogen-bond donors (Lipinski definition) is 1. The highest BCUT2D eigenvalue weighted by molar-refractivity contribution is 9.10. The second-order valence-electron chi connectivity index (χ2n) is 4.73. The summed E-state index contributed by atoms with van der Waals surface area (Å²) in [6.07, 6.45) is -0.146. The Labute approximate surface area is 142 Å². The van der Waals surface area contributed by atoms with Crippen molar-refractivity contribution >= 4 is 33.2 Å². The summed E-state index contributed by atoms with van der Waals surface area (Å²) in [7, 11) is 3.22. The summed E-state index contributed by atoms with van der Waals surface area (Å²) in [5.41, 5.74) is 0.538. The molecule has 0 fully saturated rings. The standard InChI is InChI=1S/C16H18BrNO3S/c1-10-4-7-15(22-10)14(21-3)9-18-16(19)12-8-11(20-2)5-6-13(12)17/h4-8,14H,9H2,1-3H3,(H,18,19)/t14-/m0/s1. The van der Waals surface area contributed by atoms with Crippen molar-refractivity contribution in [1.29, 1.82) is 0 Å². The first-order valence-corrected chi connectivity index (χ1v) is 8.37. The van der Waals surface area contributed by atoms with Gasteiger partial charge in [0.15, 0.2) is 0 Å². The van der Waals surface area contributed by atoms with Crippen LogP contribution in [0.3, 0.4) is 0 Å². The number of nitrogens with one attached hydrogen (secondary N) is 1. The maximum atomic E-state index is 12.3. The number of rotatable bonds is 6. The van der Waals surface area contributed by atoms with Gasteiger partial charge in [0.1, 0.15) is 11.9 Å². The third kappa shape index (κ3) is 4.09. The first kappa shape index (κ1) is 17.0. The summed E-state index contributed by atoms with van der Waals surface area (Å²) >= 11 is 5.06. The van der Waals surface area contributed by atoms with E-state index in [1.165, 1.54) is 4.88 Å². The molecule has 1 N–H and O–H groups in total. The monoisotopic (exact) mass is 383 g/mol. The maximum Gasteiger partial charge on any atom is 0.252 e. The average molecular weight is 384 g/mol. The largest absolute Gasteiger partial charge is 0.497 e. The number of carbonyl (C=O) groups is 1. The van der Waals surface area contributed by atoms with E-state index < -0.39 is 0 Å². The summed E-state index contributed by atoms with van der Waals surface area (Å²) in [5.74, 6) is 0.478. The number of halogens is 1. The van der Waals surface area contributed by atoms with Crippen LogP contribution in [0.25, 0.3) is 0 Å². The Kier molecular flexibility index (Phi) is 5.99. The van der Waals surface area contributed by atoms with E-state index in [2.05, 4.69) is 21.2 Å². The SMILES string of the molecule is COc1ccc(Br)c(C(=O)NC[C@H](OC)c2ccc(C)s2)c1. The van der Waals surface area contributed by atoms with Crippen LogP contribution in [0.1, 0.15) is 26.2 Å². The van der Waals surface area contributed by atoms with Crippen LogP contribution in [0, 0.1) is 6.92 Å². The lowest BCUT2D eigenvalue weighted by atomic mass is 10.2. The minimum absolute atomic E-state index is 0.146. The van der Waals surface area contributed by atoms with Crippen molar-refractivity contribution in [2.45, 2.75) is 13.0 Å². The van der Waals surface area contributed by atoms with Crippen molar-refractivity contribution in [3.8, 4) is 5.75 Å². The van der Waals surface area contributed by atoms with Crippen molar-refractivity contribution in [3.63, 3.8) is 0 Å². The van der Waals surface area contributed by atoms with Crippen molar-refractivity contribution in [3.05, 3.63) is 50.1 Å². The van der Waals surface area contributed by atoms with Gasteiger partial charge in [0.05, 0.1) is 12.7 Å². The quantitative estimate of drug-likeness (QED) is 0.821. The molecule has 4 nitrogen and oxygen atoms in total. The molecule has 0 saturated carbocycles. The molecule has 0 saturated heterocycles. The fourth-order valence-electron chi connectivity index (χ4n) is 2.01. The molecule has 0 aliphatic carbocycles. The molecule has 0 aliphatic rings. The summed E-state index contributed by atoms with van der Waals surface area (Å²) in [4.78, 5) is 14.7. The number of carbonyl (C=O) groups excluding carboxylic acids is 1. The second kappa shape index (κ2) is 7.76. The Bertz CT molecular complexity index is 657. The van der Waals surface area contributed by atoms with Gasteiger partial charge < -0.3 is 14.8 Å². The van der Waals surface area contributed by atoms with E-state index in [1.807, 2.05) is 19.1 Å². The minimum atomic E-state index is -0.166.